The van der Waals surface area contributed by atoms with Crippen LogP contribution in [0.2, 0.25) is 0 Å². The maximum atomic E-state index is 13.0. The number of aromatic nitrogens is 2. The van der Waals surface area contributed by atoms with E-state index < -0.39 is 0 Å². The Morgan fingerprint density at radius 3 is 2.83 bits per heavy atom. The van der Waals surface area contributed by atoms with Crippen LogP contribution in [0.5, 0.6) is 11.5 Å². The van der Waals surface area contributed by atoms with Crippen LogP contribution in [-0.2, 0) is 11.3 Å². The third-order valence-electron chi connectivity index (χ3n) is 5.97. The monoisotopic (exact) mass is 471 g/mol. The Morgan fingerprint density at radius 1 is 1.09 bits per heavy atom. The molecule has 35 heavy (non-hydrogen) atoms. The number of rotatable bonds is 8. The molecule has 1 aliphatic rings. The third-order valence-corrected chi connectivity index (χ3v) is 5.97. The van der Waals surface area contributed by atoms with Crippen molar-refractivity contribution in [3.05, 3.63) is 89.4 Å². The van der Waals surface area contributed by atoms with E-state index in [0.29, 0.717) is 36.0 Å². The summed E-state index contributed by atoms with van der Waals surface area (Å²) in [7, 11) is 0. The molecular formula is C28H29N3O4. The van der Waals surface area contributed by atoms with Crippen LogP contribution in [0, 0.1) is 13.8 Å². The number of carbonyl (C=O) groups excluding carboxylic acids is 1. The van der Waals surface area contributed by atoms with E-state index in [-0.39, 0.29) is 12.0 Å². The van der Waals surface area contributed by atoms with Gasteiger partial charge in [0.1, 0.15) is 30.4 Å². The zero-order valence-electron chi connectivity index (χ0n) is 20.0. The number of carbonyl (C=O) groups is 1. The molecule has 2 aromatic heterocycles. The number of fused-ring (bicyclic) bond motifs is 1. The van der Waals surface area contributed by atoms with Gasteiger partial charge in [-0.25, -0.2) is 4.98 Å². The molecule has 0 spiro atoms. The van der Waals surface area contributed by atoms with E-state index in [9.17, 15) is 4.79 Å². The number of ether oxygens (including phenoxy) is 3. The van der Waals surface area contributed by atoms with Gasteiger partial charge in [0.05, 0.1) is 17.5 Å². The van der Waals surface area contributed by atoms with Crippen LogP contribution in [0.25, 0.3) is 5.65 Å². The summed E-state index contributed by atoms with van der Waals surface area (Å²) in [5.74, 6) is 1.01. The predicted octanol–water partition coefficient (Wildman–Crippen LogP) is 5.34. The molecule has 2 aromatic carbocycles. The minimum atomic E-state index is -0.232. The Bertz CT molecular complexity index is 1340. The average Bonchev–Trinajstić information content (AvgIpc) is 3.52. The van der Waals surface area contributed by atoms with Gasteiger partial charge < -0.3 is 23.9 Å². The number of hydrogen-bond acceptors (Lipinski definition) is 5. The Hall–Kier alpha value is -3.84. The molecule has 5 rings (SSSR count). The summed E-state index contributed by atoms with van der Waals surface area (Å²) in [4.78, 5) is 17.6. The molecule has 180 valence electrons. The highest BCUT2D eigenvalue weighted by molar-refractivity contribution is 6.05. The first-order valence-corrected chi connectivity index (χ1v) is 11.9. The van der Waals surface area contributed by atoms with E-state index in [1.165, 1.54) is 0 Å². The molecule has 1 amide bonds. The van der Waals surface area contributed by atoms with Gasteiger partial charge >= 0.3 is 0 Å². The van der Waals surface area contributed by atoms with Gasteiger partial charge in [-0.1, -0.05) is 18.2 Å². The number of amides is 1. The second-order valence-electron chi connectivity index (χ2n) is 8.92. The summed E-state index contributed by atoms with van der Waals surface area (Å²) in [6.45, 7) is 5.60. The number of anilines is 1. The number of nitrogens with zero attached hydrogens (tertiary/aromatic N) is 2. The van der Waals surface area contributed by atoms with Crippen LogP contribution < -0.4 is 14.8 Å². The molecule has 0 saturated carbocycles. The summed E-state index contributed by atoms with van der Waals surface area (Å²) in [5.41, 5.74) is 5.04. The molecule has 0 bridgehead atoms. The number of imidazole rings is 1. The summed E-state index contributed by atoms with van der Waals surface area (Å²) in [5, 5.41) is 2.98. The van der Waals surface area contributed by atoms with Gasteiger partial charge in [0.15, 0.2) is 0 Å². The van der Waals surface area contributed by atoms with Crippen molar-refractivity contribution in [3.63, 3.8) is 0 Å². The lowest BCUT2D eigenvalue weighted by Crippen LogP contribution is -2.18. The lowest BCUT2D eigenvalue weighted by atomic mass is 10.1. The minimum Gasteiger partial charge on any atom is -0.489 e. The van der Waals surface area contributed by atoms with Crippen LogP contribution >= 0.6 is 0 Å². The largest absolute Gasteiger partial charge is 0.489 e. The molecule has 3 heterocycles. The van der Waals surface area contributed by atoms with Gasteiger partial charge in [-0.2, -0.15) is 0 Å². The van der Waals surface area contributed by atoms with Crippen molar-refractivity contribution >= 4 is 17.2 Å². The van der Waals surface area contributed by atoms with Crippen LogP contribution in [0.4, 0.5) is 5.69 Å². The molecule has 0 aliphatic carbocycles. The predicted molar refractivity (Wildman–Crippen MR) is 134 cm³/mol. The maximum absolute atomic E-state index is 13.0. The van der Waals surface area contributed by atoms with E-state index in [4.69, 9.17) is 14.2 Å². The van der Waals surface area contributed by atoms with Gasteiger partial charge in [-0.3, -0.25) is 4.79 Å². The van der Waals surface area contributed by atoms with E-state index >= 15 is 0 Å². The van der Waals surface area contributed by atoms with Crippen molar-refractivity contribution in [2.45, 2.75) is 39.4 Å². The molecule has 7 heteroatoms. The zero-order chi connectivity index (χ0) is 24.2. The van der Waals surface area contributed by atoms with E-state index in [1.807, 2.05) is 67.0 Å². The first kappa shape index (κ1) is 22.9. The van der Waals surface area contributed by atoms with Crippen molar-refractivity contribution in [1.29, 1.82) is 0 Å². The number of pyridine rings is 1. The fraction of sp³-hybridized carbons (Fsp3) is 0.286. The maximum Gasteiger partial charge on any atom is 0.255 e. The first-order valence-electron chi connectivity index (χ1n) is 11.9. The molecule has 1 N–H and O–H groups in total. The normalized spacial score (nSPS) is 15.3. The standard InChI is InChI=1S/C28H29N3O4/c1-19-8-10-25(26(13-19)35-18-24-7-4-12-33-24)30-28(32)21-5-3-6-23(14-21)34-17-22-16-31-15-20(2)9-11-27(31)29-22/h3,5-6,8-11,13-16,24H,4,7,12,17-18H2,1-2H3,(H,30,32). The third kappa shape index (κ3) is 5.63. The Morgan fingerprint density at radius 2 is 1.97 bits per heavy atom. The van der Waals surface area contributed by atoms with Gasteiger partial charge in [0.2, 0.25) is 0 Å². The highest BCUT2D eigenvalue weighted by Crippen LogP contribution is 2.28. The average molecular weight is 472 g/mol. The summed E-state index contributed by atoms with van der Waals surface area (Å²) < 4.78 is 19.6. The fourth-order valence-electron chi connectivity index (χ4n) is 4.11. The van der Waals surface area contributed by atoms with Crippen LogP contribution in [0.1, 0.15) is 40.0 Å². The van der Waals surface area contributed by atoms with Gasteiger partial charge in [-0.15, -0.1) is 0 Å². The summed E-state index contributed by atoms with van der Waals surface area (Å²) in [6, 6.07) is 16.9. The molecule has 7 nitrogen and oxygen atoms in total. The van der Waals surface area contributed by atoms with E-state index in [2.05, 4.69) is 10.3 Å². The van der Waals surface area contributed by atoms with Crippen LogP contribution in [-0.4, -0.2) is 34.6 Å². The number of aryl methyl sites for hydroxylation is 2. The number of nitrogens with one attached hydrogen (secondary N) is 1. The minimum absolute atomic E-state index is 0.102. The zero-order valence-corrected chi connectivity index (χ0v) is 20.0. The van der Waals surface area contributed by atoms with Crippen molar-refractivity contribution in [2.24, 2.45) is 0 Å². The molecule has 0 radical (unpaired) electrons. The quantitative estimate of drug-likeness (QED) is 0.375. The van der Waals surface area contributed by atoms with Gasteiger partial charge in [0, 0.05) is 24.6 Å². The van der Waals surface area contributed by atoms with E-state index in [0.717, 1.165) is 41.9 Å². The topological polar surface area (TPSA) is 74.1 Å². The highest BCUT2D eigenvalue weighted by atomic mass is 16.5. The molecule has 1 unspecified atom stereocenters. The van der Waals surface area contributed by atoms with Crippen LogP contribution in [0.3, 0.4) is 0 Å². The number of hydrogen-bond donors (Lipinski definition) is 1. The lowest BCUT2D eigenvalue weighted by molar-refractivity contribution is 0.0681. The fourth-order valence-corrected chi connectivity index (χ4v) is 4.11. The molecule has 1 aliphatic heterocycles. The Labute approximate surface area is 204 Å². The first-order chi connectivity index (χ1) is 17.0. The number of benzene rings is 2. The summed E-state index contributed by atoms with van der Waals surface area (Å²) in [6.07, 6.45) is 6.13. The molecular weight excluding hydrogens is 442 g/mol. The van der Waals surface area contributed by atoms with Crippen molar-refractivity contribution < 1.29 is 19.0 Å². The molecule has 1 fully saturated rings. The van der Waals surface area contributed by atoms with Crippen molar-refractivity contribution in [3.8, 4) is 11.5 Å². The molecule has 4 aromatic rings. The Kier molecular flexibility index (Phi) is 6.68. The van der Waals surface area contributed by atoms with Crippen molar-refractivity contribution in [1.82, 2.24) is 9.38 Å². The van der Waals surface area contributed by atoms with Crippen LogP contribution in [0.15, 0.2) is 67.0 Å². The van der Waals surface area contributed by atoms with Gasteiger partial charge in [-0.05, 0) is 74.2 Å². The van der Waals surface area contributed by atoms with Crippen molar-refractivity contribution in [2.75, 3.05) is 18.5 Å². The second kappa shape index (κ2) is 10.2. The molecule has 1 saturated heterocycles. The lowest BCUT2D eigenvalue weighted by Gasteiger charge is -2.16. The molecule has 1 atom stereocenters. The van der Waals surface area contributed by atoms with Gasteiger partial charge in [0.25, 0.3) is 5.91 Å². The summed E-state index contributed by atoms with van der Waals surface area (Å²) >= 11 is 0. The van der Waals surface area contributed by atoms with E-state index in [1.54, 1.807) is 18.2 Å². The highest BCUT2D eigenvalue weighted by Gasteiger charge is 2.18. The Balaban J connectivity index is 1.24. The SMILES string of the molecule is Cc1ccc(NC(=O)c2cccc(OCc3cn4cc(C)ccc4n3)c2)c(OCC2CCCO2)c1. The second-order valence-corrected chi connectivity index (χ2v) is 8.92. The smallest absolute Gasteiger partial charge is 0.255 e.